The Hall–Kier alpha value is 0.110. The maximum absolute atomic E-state index is 11.5. The first kappa shape index (κ1) is 12.1. The summed E-state index contributed by atoms with van der Waals surface area (Å²) in [5, 5.41) is 3.26. The van der Waals surface area contributed by atoms with Crippen LogP contribution in [0.25, 0.3) is 0 Å². The zero-order valence-electron chi connectivity index (χ0n) is 8.81. The number of rotatable bonds is 4. The van der Waals surface area contributed by atoms with Gasteiger partial charge in [0, 0.05) is 33.9 Å². The lowest BCUT2D eigenvalue weighted by Gasteiger charge is -2.18. The molecule has 2 nitrogen and oxygen atoms in total. The van der Waals surface area contributed by atoms with Crippen molar-refractivity contribution in [2.45, 2.75) is 45.4 Å². The molecule has 0 saturated heterocycles. The van der Waals surface area contributed by atoms with E-state index in [4.69, 9.17) is 0 Å². The van der Waals surface area contributed by atoms with Crippen LogP contribution in [0.15, 0.2) is 0 Å². The molecule has 1 N–H and O–H groups in total. The third-order valence-electron chi connectivity index (χ3n) is 1.52. The largest absolute Gasteiger partial charge is 0.314 e. The molecule has 0 aromatic rings. The summed E-state index contributed by atoms with van der Waals surface area (Å²) >= 11 is 0. The standard InChI is InChI=1S/C9H21NOS/c1-8(2)10-6-7-12(11)9(3,4)5/h8,10H,6-7H2,1-5H3. The van der Waals surface area contributed by atoms with E-state index < -0.39 is 10.8 Å². The summed E-state index contributed by atoms with van der Waals surface area (Å²) < 4.78 is 11.4. The van der Waals surface area contributed by atoms with Gasteiger partial charge in [-0.25, -0.2) is 0 Å². The van der Waals surface area contributed by atoms with Crippen LogP contribution < -0.4 is 5.32 Å². The van der Waals surface area contributed by atoms with Crippen molar-refractivity contribution in [1.82, 2.24) is 5.32 Å². The number of hydrogen-bond donors (Lipinski definition) is 1. The molecular weight excluding hydrogens is 170 g/mol. The van der Waals surface area contributed by atoms with Crippen LogP contribution in [0.3, 0.4) is 0 Å². The second-order valence-electron chi connectivity index (χ2n) is 4.27. The highest BCUT2D eigenvalue weighted by molar-refractivity contribution is 7.86. The van der Waals surface area contributed by atoms with Gasteiger partial charge in [-0.1, -0.05) is 13.8 Å². The van der Waals surface area contributed by atoms with Crippen molar-refractivity contribution in [3.05, 3.63) is 0 Å². The van der Waals surface area contributed by atoms with Crippen LogP contribution in [0.1, 0.15) is 34.6 Å². The smallest absolute Gasteiger partial charge is 0.0375 e. The van der Waals surface area contributed by atoms with Gasteiger partial charge in [0.05, 0.1) is 0 Å². The topological polar surface area (TPSA) is 29.1 Å². The second-order valence-corrected chi connectivity index (χ2v) is 6.59. The minimum Gasteiger partial charge on any atom is -0.314 e. The van der Waals surface area contributed by atoms with Gasteiger partial charge >= 0.3 is 0 Å². The first-order chi connectivity index (χ1) is 5.34. The summed E-state index contributed by atoms with van der Waals surface area (Å²) in [5.41, 5.74) is 0. The molecule has 0 aromatic carbocycles. The summed E-state index contributed by atoms with van der Waals surface area (Å²) in [7, 11) is -0.716. The molecule has 0 aliphatic carbocycles. The average molecular weight is 191 g/mol. The molecule has 0 fully saturated rings. The highest BCUT2D eigenvalue weighted by Gasteiger charge is 2.18. The molecule has 74 valence electrons. The highest BCUT2D eigenvalue weighted by Crippen LogP contribution is 2.10. The Kier molecular flexibility index (Phi) is 5.02. The molecule has 0 radical (unpaired) electrons. The van der Waals surface area contributed by atoms with Gasteiger partial charge in [0.25, 0.3) is 0 Å². The van der Waals surface area contributed by atoms with E-state index in [0.29, 0.717) is 6.04 Å². The normalized spacial score (nSPS) is 15.2. The lowest BCUT2D eigenvalue weighted by Crippen LogP contribution is -2.32. The second kappa shape index (κ2) is 4.97. The molecule has 1 unspecified atom stereocenters. The van der Waals surface area contributed by atoms with Gasteiger partial charge in [0.2, 0.25) is 0 Å². The van der Waals surface area contributed by atoms with Crippen molar-refractivity contribution in [2.24, 2.45) is 0 Å². The minimum absolute atomic E-state index is 0.0708. The van der Waals surface area contributed by atoms with Gasteiger partial charge in [0.1, 0.15) is 0 Å². The van der Waals surface area contributed by atoms with Gasteiger partial charge in [-0.3, -0.25) is 4.21 Å². The Labute approximate surface area is 78.6 Å². The van der Waals surface area contributed by atoms with Crippen molar-refractivity contribution in [3.63, 3.8) is 0 Å². The molecule has 12 heavy (non-hydrogen) atoms. The predicted molar refractivity (Wildman–Crippen MR) is 55.9 cm³/mol. The van der Waals surface area contributed by atoms with Gasteiger partial charge in [-0.05, 0) is 20.8 Å². The summed E-state index contributed by atoms with van der Waals surface area (Å²) in [6, 6.07) is 0.488. The highest BCUT2D eigenvalue weighted by atomic mass is 32.2. The van der Waals surface area contributed by atoms with E-state index >= 15 is 0 Å². The lowest BCUT2D eigenvalue weighted by atomic mass is 10.3. The Balaban J connectivity index is 3.59. The van der Waals surface area contributed by atoms with Crippen molar-refractivity contribution < 1.29 is 4.21 Å². The Morgan fingerprint density at radius 2 is 1.83 bits per heavy atom. The lowest BCUT2D eigenvalue weighted by molar-refractivity contribution is 0.603. The van der Waals surface area contributed by atoms with E-state index in [0.717, 1.165) is 12.3 Å². The summed E-state index contributed by atoms with van der Waals surface area (Å²) in [6.45, 7) is 11.1. The molecule has 0 bridgehead atoms. The van der Waals surface area contributed by atoms with E-state index in [1.807, 2.05) is 20.8 Å². The van der Waals surface area contributed by atoms with Crippen LogP contribution in [0.4, 0.5) is 0 Å². The molecule has 0 spiro atoms. The summed E-state index contributed by atoms with van der Waals surface area (Å²) in [5.74, 6) is 0.752. The maximum atomic E-state index is 11.5. The third-order valence-corrected chi connectivity index (χ3v) is 3.46. The molecule has 1 atom stereocenters. The van der Waals surface area contributed by atoms with Crippen LogP contribution >= 0.6 is 0 Å². The SMILES string of the molecule is CC(C)NCCS(=O)C(C)(C)C. The number of nitrogens with one attached hydrogen (secondary N) is 1. The monoisotopic (exact) mass is 191 g/mol. The summed E-state index contributed by atoms with van der Waals surface area (Å²) in [4.78, 5) is 0. The molecule has 0 aromatic heterocycles. The van der Waals surface area contributed by atoms with Crippen LogP contribution in [-0.2, 0) is 10.8 Å². The zero-order valence-corrected chi connectivity index (χ0v) is 9.62. The van der Waals surface area contributed by atoms with E-state index in [1.165, 1.54) is 0 Å². The molecule has 0 saturated carbocycles. The molecule has 0 aliphatic heterocycles. The van der Waals surface area contributed by atoms with Gasteiger partial charge in [-0.2, -0.15) is 0 Å². The fraction of sp³-hybridized carbons (Fsp3) is 1.00. The predicted octanol–water partition coefficient (Wildman–Crippen LogP) is 1.53. The molecular formula is C9H21NOS. The first-order valence-electron chi connectivity index (χ1n) is 4.46. The third kappa shape index (κ3) is 5.72. The van der Waals surface area contributed by atoms with Crippen LogP contribution in [0.2, 0.25) is 0 Å². The van der Waals surface area contributed by atoms with E-state index in [-0.39, 0.29) is 4.75 Å². The zero-order chi connectivity index (χ0) is 9.78. The number of hydrogen-bond acceptors (Lipinski definition) is 2. The molecule has 0 aliphatic rings. The van der Waals surface area contributed by atoms with Crippen LogP contribution in [0, 0.1) is 0 Å². The van der Waals surface area contributed by atoms with E-state index in [1.54, 1.807) is 0 Å². The minimum atomic E-state index is -0.716. The van der Waals surface area contributed by atoms with Crippen LogP contribution in [-0.4, -0.2) is 27.3 Å². The Morgan fingerprint density at radius 3 is 2.17 bits per heavy atom. The molecule has 0 heterocycles. The van der Waals surface area contributed by atoms with E-state index in [2.05, 4.69) is 19.2 Å². The fourth-order valence-corrected chi connectivity index (χ4v) is 1.66. The first-order valence-corrected chi connectivity index (χ1v) is 5.78. The van der Waals surface area contributed by atoms with Crippen LogP contribution in [0.5, 0.6) is 0 Å². The van der Waals surface area contributed by atoms with Gasteiger partial charge in [-0.15, -0.1) is 0 Å². The molecule has 3 heteroatoms. The maximum Gasteiger partial charge on any atom is 0.0375 e. The Bertz CT molecular complexity index is 149. The molecule has 0 rings (SSSR count). The van der Waals surface area contributed by atoms with Crippen molar-refractivity contribution in [2.75, 3.05) is 12.3 Å². The fourth-order valence-electron chi connectivity index (χ4n) is 0.746. The summed E-state index contributed by atoms with van der Waals surface area (Å²) in [6.07, 6.45) is 0. The Morgan fingerprint density at radius 1 is 1.33 bits per heavy atom. The average Bonchev–Trinajstić information content (AvgIpc) is 1.84. The van der Waals surface area contributed by atoms with Crippen molar-refractivity contribution >= 4 is 10.8 Å². The van der Waals surface area contributed by atoms with Gasteiger partial charge in [0.15, 0.2) is 0 Å². The van der Waals surface area contributed by atoms with Crippen molar-refractivity contribution in [1.29, 1.82) is 0 Å². The van der Waals surface area contributed by atoms with E-state index in [9.17, 15) is 4.21 Å². The van der Waals surface area contributed by atoms with Crippen molar-refractivity contribution in [3.8, 4) is 0 Å². The van der Waals surface area contributed by atoms with Gasteiger partial charge < -0.3 is 5.32 Å². The molecule has 0 amide bonds. The quantitative estimate of drug-likeness (QED) is 0.730.